The van der Waals surface area contributed by atoms with Crippen LogP contribution in [0.25, 0.3) is 0 Å². The van der Waals surface area contributed by atoms with Crippen LogP contribution in [-0.2, 0) is 6.54 Å². The highest BCUT2D eigenvalue weighted by Crippen LogP contribution is 2.10. The normalized spacial score (nSPS) is 8.82. The molecule has 0 amide bonds. The third-order valence-electron chi connectivity index (χ3n) is 1.21. The summed E-state index contributed by atoms with van der Waals surface area (Å²) in [6.07, 6.45) is 1.93. The van der Waals surface area contributed by atoms with Crippen molar-refractivity contribution in [1.82, 2.24) is 9.78 Å². The zero-order valence-electron chi connectivity index (χ0n) is 7.56. The van der Waals surface area contributed by atoms with E-state index in [0.29, 0.717) is 5.15 Å². The molecule has 0 unspecified atom stereocenters. The Bertz CT molecular complexity index is 186. The number of aromatic nitrogens is 2. The van der Waals surface area contributed by atoms with Crippen molar-refractivity contribution in [2.45, 2.75) is 34.2 Å². The Morgan fingerprint density at radius 2 is 2.09 bits per heavy atom. The summed E-state index contributed by atoms with van der Waals surface area (Å²) in [6.45, 7) is 8.86. The monoisotopic (exact) mass is 174 g/mol. The Morgan fingerprint density at radius 3 is 2.27 bits per heavy atom. The summed E-state index contributed by atoms with van der Waals surface area (Å²) in [5.41, 5.74) is 1.04. The van der Waals surface area contributed by atoms with Crippen LogP contribution in [0.5, 0.6) is 0 Å². The van der Waals surface area contributed by atoms with E-state index in [1.54, 1.807) is 0 Å². The lowest BCUT2D eigenvalue weighted by Crippen LogP contribution is -1.92. The highest BCUT2D eigenvalue weighted by atomic mass is 35.5. The molecule has 0 aromatic carbocycles. The predicted molar refractivity (Wildman–Crippen MR) is 49.0 cm³/mol. The van der Waals surface area contributed by atoms with Crippen LogP contribution in [0.15, 0.2) is 6.20 Å². The van der Waals surface area contributed by atoms with Gasteiger partial charge in [-0.3, -0.25) is 4.68 Å². The number of nitrogens with zero attached hydrogens (tertiary/aromatic N) is 2. The van der Waals surface area contributed by atoms with Crippen LogP contribution in [0.4, 0.5) is 0 Å². The van der Waals surface area contributed by atoms with E-state index in [2.05, 4.69) is 5.10 Å². The highest BCUT2D eigenvalue weighted by molar-refractivity contribution is 6.30. The van der Waals surface area contributed by atoms with Gasteiger partial charge < -0.3 is 0 Å². The van der Waals surface area contributed by atoms with E-state index in [0.717, 1.165) is 12.1 Å². The smallest absolute Gasteiger partial charge is 0.153 e. The molecule has 3 heteroatoms. The van der Waals surface area contributed by atoms with Gasteiger partial charge in [0.2, 0.25) is 0 Å². The summed E-state index contributed by atoms with van der Waals surface area (Å²) < 4.78 is 1.82. The van der Waals surface area contributed by atoms with Gasteiger partial charge >= 0.3 is 0 Å². The van der Waals surface area contributed by atoms with Crippen molar-refractivity contribution in [1.29, 1.82) is 0 Å². The molecule has 0 N–H and O–H groups in total. The number of aryl methyl sites for hydroxylation is 2. The first-order valence-electron chi connectivity index (χ1n) is 3.93. The summed E-state index contributed by atoms with van der Waals surface area (Å²) in [6, 6.07) is 0. The highest BCUT2D eigenvalue weighted by Gasteiger charge is 1.97. The molecule has 2 nitrogen and oxygen atoms in total. The van der Waals surface area contributed by atoms with Gasteiger partial charge in [0, 0.05) is 18.3 Å². The zero-order valence-corrected chi connectivity index (χ0v) is 8.31. The lowest BCUT2D eigenvalue weighted by molar-refractivity contribution is 0.660. The van der Waals surface area contributed by atoms with Crippen molar-refractivity contribution in [3.05, 3.63) is 16.9 Å². The minimum atomic E-state index is 0.608. The fourth-order valence-electron chi connectivity index (χ4n) is 0.659. The topological polar surface area (TPSA) is 17.8 Å². The molecule has 0 saturated carbocycles. The van der Waals surface area contributed by atoms with Crippen LogP contribution in [0.1, 0.15) is 26.3 Å². The zero-order chi connectivity index (χ0) is 8.85. The van der Waals surface area contributed by atoms with Crippen molar-refractivity contribution >= 4 is 11.6 Å². The van der Waals surface area contributed by atoms with Crippen LogP contribution < -0.4 is 0 Å². The molecule has 0 aliphatic carbocycles. The Morgan fingerprint density at radius 1 is 1.55 bits per heavy atom. The average Bonchev–Trinajstić information content (AvgIpc) is 2.36. The van der Waals surface area contributed by atoms with Gasteiger partial charge in [-0.2, -0.15) is 5.10 Å². The predicted octanol–water partition coefficient (Wildman–Crippen LogP) is 2.89. The van der Waals surface area contributed by atoms with Gasteiger partial charge in [0.15, 0.2) is 5.15 Å². The molecule has 11 heavy (non-hydrogen) atoms. The van der Waals surface area contributed by atoms with E-state index in [-0.39, 0.29) is 0 Å². The van der Waals surface area contributed by atoms with E-state index in [9.17, 15) is 0 Å². The van der Waals surface area contributed by atoms with Crippen molar-refractivity contribution in [2.24, 2.45) is 0 Å². The number of hydrogen-bond donors (Lipinski definition) is 0. The number of halogens is 1. The van der Waals surface area contributed by atoms with Gasteiger partial charge in [-0.25, -0.2) is 0 Å². The summed E-state index contributed by atoms with van der Waals surface area (Å²) in [5.74, 6) is 0. The van der Waals surface area contributed by atoms with Crippen LogP contribution in [-0.4, -0.2) is 9.78 Å². The largest absolute Gasteiger partial charge is 0.271 e. The molecule has 1 heterocycles. The average molecular weight is 175 g/mol. The molecule has 1 aromatic heterocycles. The minimum absolute atomic E-state index is 0.608. The van der Waals surface area contributed by atoms with E-state index < -0.39 is 0 Å². The SMILES string of the molecule is CC.CCn1cc(C)c(Cl)n1. The summed E-state index contributed by atoms with van der Waals surface area (Å²) in [7, 11) is 0. The van der Waals surface area contributed by atoms with Crippen LogP contribution in [0.2, 0.25) is 5.15 Å². The molecule has 64 valence electrons. The molecule has 0 aliphatic rings. The summed E-state index contributed by atoms with van der Waals surface area (Å²) in [5, 5.41) is 4.62. The van der Waals surface area contributed by atoms with Crippen molar-refractivity contribution in [2.75, 3.05) is 0 Å². The van der Waals surface area contributed by atoms with E-state index in [1.807, 2.05) is 38.6 Å². The fourth-order valence-corrected chi connectivity index (χ4v) is 0.805. The molecular formula is C8H15ClN2. The Balaban J connectivity index is 0.000000461. The van der Waals surface area contributed by atoms with Crippen LogP contribution in [0.3, 0.4) is 0 Å². The third-order valence-corrected chi connectivity index (χ3v) is 1.58. The second-order valence-electron chi connectivity index (χ2n) is 1.96. The van der Waals surface area contributed by atoms with Gasteiger partial charge in [0.05, 0.1) is 0 Å². The first kappa shape index (κ1) is 10.5. The van der Waals surface area contributed by atoms with E-state index in [1.165, 1.54) is 0 Å². The van der Waals surface area contributed by atoms with Gasteiger partial charge in [0.25, 0.3) is 0 Å². The molecule has 0 radical (unpaired) electrons. The maximum Gasteiger partial charge on any atom is 0.153 e. The van der Waals surface area contributed by atoms with Crippen LogP contribution >= 0.6 is 11.6 Å². The second-order valence-corrected chi connectivity index (χ2v) is 2.32. The van der Waals surface area contributed by atoms with Crippen molar-refractivity contribution < 1.29 is 0 Å². The molecule has 0 bridgehead atoms. The Labute approximate surface area is 73.2 Å². The van der Waals surface area contributed by atoms with E-state index in [4.69, 9.17) is 11.6 Å². The lowest BCUT2D eigenvalue weighted by Gasteiger charge is -1.88. The molecule has 1 rings (SSSR count). The standard InChI is InChI=1S/C6H9ClN2.C2H6/c1-3-9-4-5(2)6(7)8-9;1-2/h4H,3H2,1-2H3;1-2H3. The van der Waals surface area contributed by atoms with Crippen molar-refractivity contribution in [3.8, 4) is 0 Å². The Hall–Kier alpha value is -0.500. The molecule has 0 spiro atoms. The third kappa shape index (κ3) is 2.93. The molecule has 0 aliphatic heterocycles. The molecular weight excluding hydrogens is 160 g/mol. The maximum atomic E-state index is 5.68. The first-order valence-corrected chi connectivity index (χ1v) is 4.31. The second kappa shape index (κ2) is 5.19. The summed E-state index contributed by atoms with van der Waals surface area (Å²) >= 11 is 5.68. The van der Waals surface area contributed by atoms with Gasteiger partial charge in [-0.05, 0) is 13.8 Å². The fraction of sp³-hybridized carbons (Fsp3) is 0.625. The molecule has 0 atom stereocenters. The van der Waals surface area contributed by atoms with Crippen molar-refractivity contribution in [3.63, 3.8) is 0 Å². The molecule has 0 fully saturated rings. The maximum absolute atomic E-state index is 5.68. The Kier molecular flexibility index (Phi) is 4.95. The van der Waals surface area contributed by atoms with Gasteiger partial charge in [-0.1, -0.05) is 25.4 Å². The van der Waals surface area contributed by atoms with Gasteiger partial charge in [-0.15, -0.1) is 0 Å². The molecule has 1 aromatic rings. The van der Waals surface area contributed by atoms with E-state index >= 15 is 0 Å². The lowest BCUT2D eigenvalue weighted by atomic mass is 10.4. The number of rotatable bonds is 1. The first-order chi connectivity index (χ1) is 5.24. The minimum Gasteiger partial charge on any atom is -0.271 e. The van der Waals surface area contributed by atoms with Crippen LogP contribution in [0, 0.1) is 6.92 Å². The van der Waals surface area contributed by atoms with Gasteiger partial charge in [0.1, 0.15) is 0 Å². The molecule has 0 saturated heterocycles. The number of hydrogen-bond acceptors (Lipinski definition) is 1. The summed E-state index contributed by atoms with van der Waals surface area (Å²) in [4.78, 5) is 0. The quantitative estimate of drug-likeness (QED) is 0.640.